The van der Waals surface area contributed by atoms with E-state index in [1.165, 1.54) is 0 Å². The first-order chi connectivity index (χ1) is 10.4. The third-order valence-corrected chi connectivity index (χ3v) is 3.66. The number of amides is 1. The lowest BCUT2D eigenvalue weighted by molar-refractivity contribution is -0.126. The zero-order chi connectivity index (χ0) is 16.6. The zero-order valence-corrected chi connectivity index (χ0v) is 15.3. The number of aryl methyl sites for hydroxylation is 1. The van der Waals surface area contributed by atoms with Gasteiger partial charge < -0.3 is 20.5 Å². The van der Waals surface area contributed by atoms with Crippen molar-refractivity contribution in [2.75, 3.05) is 20.8 Å². The van der Waals surface area contributed by atoms with E-state index in [4.69, 9.17) is 15.2 Å². The molecule has 0 aliphatic carbocycles. The molecular formula is C17H29ClN2O3. The van der Waals surface area contributed by atoms with E-state index >= 15 is 0 Å². The van der Waals surface area contributed by atoms with Gasteiger partial charge in [0.15, 0.2) is 11.5 Å². The molecule has 0 saturated heterocycles. The summed E-state index contributed by atoms with van der Waals surface area (Å²) in [6.07, 6.45) is 3.29. The topological polar surface area (TPSA) is 73.6 Å². The second-order valence-electron chi connectivity index (χ2n) is 5.72. The second kappa shape index (κ2) is 10.3. The summed E-state index contributed by atoms with van der Waals surface area (Å²) in [6.45, 7) is 4.42. The molecule has 0 heterocycles. The van der Waals surface area contributed by atoms with Gasteiger partial charge in [0.2, 0.25) is 5.91 Å². The fraction of sp³-hybridized carbons (Fsp3) is 0.588. The van der Waals surface area contributed by atoms with Crippen LogP contribution >= 0.6 is 12.4 Å². The summed E-state index contributed by atoms with van der Waals surface area (Å²) in [4.78, 5) is 12.0. The molecule has 0 saturated carbocycles. The molecule has 0 aliphatic rings. The third kappa shape index (κ3) is 6.67. The van der Waals surface area contributed by atoms with E-state index in [9.17, 15) is 4.79 Å². The Kier molecular flexibility index (Phi) is 9.68. The van der Waals surface area contributed by atoms with Crippen LogP contribution in [0.1, 0.15) is 38.7 Å². The zero-order valence-electron chi connectivity index (χ0n) is 14.5. The van der Waals surface area contributed by atoms with Crippen molar-refractivity contribution in [1.82, 2.24) is 5.32 Å². The maximum absolute atomic E-state index is 12.0. The Balaban J connectivity index is 0.00000484. The van der Waals surface area contributed by atoms with E-state index in [1.807, 2.05) is 25.1 Å². The smallest absolute Gasteiger partial charge is 0.239 e. The summed E-state index contributed by atoms with van der Waals surface area (Å²) in [6, 6.07) is 5.86. The molecule has 132 valence electrons. The average molecular weight is 345 g/mol. The Bertz CT molecular complexity index is 493. The Labute approximate surface area is 145 Å². The van der Waals surface area contributed by atoms with Crippen molar-refractivity contribution in [3.05, 3.63) is 23.8 Å². The third-order valence-electron chi connectivity index (χ3n) is 3.66. The summed E-state index contributed by atoms with van der Waals surface area (Å²) < 4.78 is 10.5. The van der Waals surface area contributed by atoms with Crippen LogP contribution in [0.4, 0.5) is 0 Å². The minimum Gasteiger partial charge on any atom is -0.493 e. The maximum atomic E-state index is 12.0. The summed E-state index contributed by atoms with van der Waals surface area (Å²) in [5.41, 5.74) is 6.36. The number of halogens is 1. The fourth-order valence-corrected chi connectivity index (χ4v) is 2.37. The van der Waals surface area contributed by atoms with Crippen molar-refractivity contribution in [3.63, 3.8) is 0 Å². The second-order valence-corrected chi connectivity index (χ2v) is 5.72. The number of nitrogens with two attached hydrogens (primary N) is 1. The highest BCUT2D eigenvalue weighted by atomic mass is 35.5. The number of ether oxygens (including phenoxy) is 2. The van der Waals surface area contributed by atoms with Crippen LogP contribution in [0.3, 0.4) is 0 Å². The summed E-state index contributed by atoms with van der Waals surface area (Å²) in [7, 11) is 3.24. The molecule has 3 N–H and O–H groups in total. The van der Waals surface area contributed by atoms with Gasteiger partial charge in [0.1, 0.15) is 0 Å². The Morgan fingerprint density at radius 1 is 1.26 bits per heavy atom. The monoisotopic (exact) mass is 344 g/mol. The van der Waals surface area contributed by atoms with Crippen LogP contribution in [-0.2, 0) is 11.2 Å². The highest BCUT2D eigenvalue weighted by molar-refractivity contribution is 5.85. The van der Waals surface area contributed by atoms with Gasteiger partial charge in [-0.15, -0.1) is 12.4 Å². The van der Waals surface area contributed by atoms with Crippen LogP contribution in [0.15, 0.2) is 18.2 Å². The highest BCUT2D eigenvalue weighted by Crippen LogP contribution is 2.27. The van der Waals surface area contributed by atoms with Crippen molar-refractivity contribution in [2.24, 2.45) is 5.73 Å². The predicted octanol–water partition coefficient (Wildman–Crippen LogP) is 2.69. The molecule has 1 unspecified atom stereocenters. The maximum Gasteiger partial charge on any atom is 0.239 e. The highest BCUT2D eigenvalue weighted by Gasteiger charge is 2.26. The van der Waals surface area contributed by atoms with Crippen molar-refractivity contribution in [3.8, 4) is 11.5 Å². The van der Waals surface area contributed by atoms with Crippen molar-refractivity contribution in [1.29, 1.82) is 0 Å². The number of methoxy groups -OCH3 is 2. The van der Waals surface area contributed by atoms with E-state index < -0.39 is 5.54 Å². The van der Waals surface area contributed by atoms with Crippen LogP contribution in [0.2, 0.25) is 0 Å². The van der Waals surface area contributed by atoms with Gasteiger partial charge >= 0.3 is 0 Å². The molecule has 0 bridgehead atoms. The molecule has 6 heteroatoms. The molecule has 0 radical (unpaired) electrons. The Hall–Kier alpha value is -1.46. The summed E-state index contributed by atoms with van der Waals surface area (Å²) in [5.74, 6) is 1.36. The van der Waals surface area contributed by atoms with Crippen molar-refractivity contribution < 1.29 is 14.3 Å². The van der Waals surface area contributed by atoms with E-state index in [0.717, 1.165) is 36.3 Å². The van der Waals surface area contributed by atoms with Crippen LogP contribution in [0.5, 0.6) is 11.5 Å². The average Bonchev–Trinajstić information content (AvgIpc) is 2.50. The molecule has 23 heavy (non-hydrogen) atoms. The van der Waals surface area contributed by atoms with Gasteiger partial charge in [-0.3, -0.25) is 4.79 Å². The molecule has 0 aromatic heterocycles. The summed E-state index contributed by atoms with van der Waals surface area (Å²) >= 11 is 0. The number of benzene rings is 1. The molecule has 1 aromatic rings. The Morgan fingerprint density at radius 2 is 1.91 bits per heavy atom. The normalized spacial score (nSPS) is 12.7. The van der Waals surface area contributed by atoms with Crippen LogP contribution < -0.4 is 20.5 Å². The Morgan fingerprint density at radius 3 is 2.48 bits per heavy atom. The first-order valence-electron chi connectivity index (χ1n) is 7.72. The number of carbonyl (C=O) groups is 1. The lowest BCUT2D eigenvalue weighted by Gasteiger charge is -2.22. The largest absolute Gasteiger partial charge is 0.493 e. The number of carbonyl (C=O) groups excluding carboxylic acids is 1. The first-order valence-corrected chi connectivity index (χ1v) is 7.72. The SMILES string of the molecule is CCCC(C)(N)C(=O)NCCCc1ccc(OC)c(OC)c1.Cl. The molecular weight excluding hydrogens is 316 g/mol. The molecule has 0 fully saturated rings. The van der Waals surface area contributed by atoms with Crippen molar-refractivity contribution >= 4 is 18.3 Å². The quantitative estimate of drug-likeness (QED) is 0.675. The van der Waals surface area contributed by atoms with E-state index in [0.29, 0.717) is 13.0 Å². The molecule has 1 amide bonds. The van der Waals surface area contributed by atoms with Gasteiger partial charge in [-0.2, -0.15) is 0 Å². The van der Waals surface area contributed by atoms with Gasteiger partial charge in [-0.1, -0.05) is 19.4 Å². The minimum absolute atomic E-state index is 0. The molecule has 0 aliphatic heterocycles. The number of nitrogens with one attached hydrogen (secondary N) is 1. The van der Waals surface area contributed by atoms with Gasteiger partial charge in [-0.25, -0.2) is 0 Å². The van der Waals surface area contributed by atoms with E-state index in [-0.39, 0.29) is 18.3 Å². The van der Waals surface area contributed by atoms with Crippen LogP contribution in [0, 0.1) is 0 Å². The number of rotatable bonds is 9. The standard InChI is InChI=1S/C17H28N2O3.ClH/c1-5-10-17(2,18)16(20)19-11-6-7-13-8-9-14(21-3)15(12-13)22-4;/h8-9,12H,5-7,10-11,18H2,1-4H3,(H,19,20);1H. The van der Waals surface area contributed by atoms with E-state index in [1.54, 1.807) is 21.1 Å². The molecule has 1 rings (SSSR count). The molecule has 0 spiro atoms. The van der Waals surface area contributed by atoms with Gasteiger partial charge in [-0.05, 0) is 43.9 Å². The van der Waals surface area contributed by atoms with E-state index in [2.05, 4.69) is 5.32 Å². The number of hydrogen-bond acceptors (Lipinski definition) is 4. The van der Waals surface area contributed by atoms with Gasteiger partial charge in [0, 0.05) is 6.54 Å². The van der Waals surface area contributed by atoms with Crippen LogP contribution in [-0.4, -0.2) is 32.2 Å². The fourth-order valence-electron chi connectivity index (χ4n) is 2.37. The molecule has 1 aromatic carbocycles. The van der Waals surface area contributed by atoms with Crippen molar-refractivity contribution in [2.45, 2.75) is 45.1 Å². The number of hydrogen-bond donors (Lipinski definition) is 2. The molecule has 1 atom stereocenters. The van der Waals surface area contributed by atoms with Gasteiger partial charge in [0.25, 0.3) is 0 Å². The first kappa shape index (κ1) is 21.5. The molecule has 5 nitrogen and oxygen atoms in total. The van der Waals surface area contributed by atoms with Crippen LogP contribution in [0.25, 0.3) is 0 Å². The summed E-state index contributed by atoms with van der Waals surface area (Å²) in [5, 5.41) is 2.91. The lowest BCUT2D eigenvalue weighted by Crippen LogP contribution is -2.51. The van der Waals surface area contributed by atoms with Gasteiger partial charge in [0.05, 0.1) is 19.8 Å². The minimum atomic E-state index is -0.780. The predicted molar refractivity (Wildman–Crippen MR) is 95.6 cm³/mol. The lowest BCUT2D eigenvalue weighted by atomic mass is 9.96.